The largest absolute Gasteiger partial charge is 0.493 e. The smallest absolute Gasteiger partial charge is 0.187 e. The molecule has 0 amide bonds. The summed E-state index contributed by atoms with van der Waals surface area (Å²) >= 11 is 5.33. The van der Waals surface area contributed by atoms with Crippen LogP contribution in [-0.2, 0) is 0 Å². The van der Waals surface area contributed by atoms with Crippen LogP contribution in [0.2, 0.25) is 0 Å². The first-order valence-electron chi connectivity index (χ1n) is 8.54. The van der Waals surface area contributed by atoms with E-state index >= 15 is 0 Å². The van der Waals surface area contributed by atoms with Crippen molar-refractivity contribution in [3.8, 4) is 11.5 Å². The van der Waals surface area contributed by atoms with Gasteiger partial charge in [-0.15, -0.1) is 0 Å². The van der Waals surface area contributed by atoms with E-state index in [9.17, 15) is 0 Å². The third-order valence-corrected chi connectivity index (χ3v) is 4.50. The van der Waals surface area contributed by atoms with Crippen molar-refractivity contribution in [2.24, 2.45) is 11.0 Å². The Bertz CT molecular complexity index is 577. The summed E-state index contributed by atoms with van der Waals surface area (Å²) in [6.45, 7) is 4.82. The number of ether oxygens (including phenoxy) is 2. The molecule has 6 heteroatoms. The Kier molecular flexibility index (Phi) is 7.31. The minimum atomic E-state index is 0.444. The number of methoxy groups -OCH3 is 1. The Morgan fingerprint density at radius 1 is 1.33 bits per heavy atom. The van der Waals surface area contributed by atoms with Gasteiger partial charge in [-0.25, -0.2) is 0 Å². The lowest BCUT2D eigenvalue weighted by atomic mass is 9.86. The van der Waals surface area contributed by atoms with Gasteiger partial charge in [0.2, 0.25) is 0 Å². The lowest BCUT2D eigenvalue weighted by Crippen LogP contribution is -2.44. The number of hydrogen-bond acceptors (Lipinski definition) is 4. The van der Waals surface area contributed by atoms with Crippen LogP contribution in [0.5, 0.6) is 11.5 Å². The molecule has 132 valence electrons. The maximum atomic E-state index is 5.50. The maximum absolute atomic E-state index is 5.50. The lowest BCUT2D eigenvalue weighted by Gasteiger charge is -2.30. The quantitative estimate of drug-likeness (QED) is 0.468. The molecule has 1 aliphatic rings. The molecule has 1 aromatic carbocycles. The van der Waals surface area contributed by atoms with E-state index in [2.05, 4.69) is 22.8 Å². The van der Waals surface area contributed by atoms with E-state index in [0.717, 1.165) is 11.3 Å². The zero-order valence-corrected chi connectivity index (χ0v) is 15.5. The van der Waals surface area contributed by atoms with E-state index in [4.69, 9.17) is 21.7 Å². The van der Waals surface area contributed by atoms with Gasteiger partial charge < -0.3 is 14.8 Å². The molecule has 0 unspecified atom stereocenters. The van der Waals surface area contributed by atoms with Gasteiger partial charge >= 0.3 is 0 Å². The topological polar surface area (TPSA) is 54.9 Å². The van der Waals surface area contributed by atoms with Gasteiger partial charge in [0.05, 0.1) is 19.9 Å². The van der Waals surface area contributed by atoms with Gasteiger partial charge in [0.25, 0.3) is 0 Å². The molecular weight excluding hydrogens is 322 g/mol. The molecule has 1 saturated carbocycles. The molecule has 0 heterocycles. The van der Waals surface area contributed by atoms with Gasteiger partial charge in [-0.2, -0.15) is 5.10 Å². The van der Waals surface area contributed by atoms with E-state index in [-0.39, 0.29) is 0 Å². The first kappa shape index (κ1) is 18.5. The predicted molar refractivity (Wildman–Crippen MR) is 102 cm³/mol. The standard InChI is InChI=1S/C18H27N3O2S/c1-4-23-16-10-9-14(11-17(16)22-3)12-19-21-18(24)20-15-8-6-5-7-13(15)2/h9-13,15H,4-8H2,1-3H3,(H2,20,21,24)/b19-12-/t13-,15+/m0/s1. The number of hydrazone groups is 1. The molecule has 1 fully saturated rings. The van der Waals surface area contributed by atoms with Crippen molar-refractivity contribution in [2.45, 2.75) is 45.6 Å². The molecule has 0 radical (unpaired) electrons. The van der Waals surface area contributed by atoms with Gasteiger partial charge in [0, 0.05) is 6.04 Å². The van der Waals surface area contributed by atoms with Crippen LogP contribution in [0.3, 0.4) is 0 Å². The summed E-state index contributed by atoms with van der Waals surface area (Å²) in [5.41, 5.74) is 3.81. The summed E-state index contributed by atoms with van der Waals surface area (Å²) in [5.74, 6) is 2.07. The Balaban J connectivity index is 1.87. The number of nitrogens with one attached hydrogen (secondary N) is 2. The van der Waals surface area contributed by atoms with Crippen molar-refractivity contribution >= 4 is 23.5 Å². The van der Waals surface area contributed by atoms with Crippen LogP contribution < -0.4 is 20.2 Å². The van der Waals surface area contributed by atoms with E-state index < -0.39 is 0 Å². The highest BCUT2D eigenvalue weighted by Crippen LogP contribution is 2.27. The van der Waals surface area contributed by atoms with E-state index in [1.54, 1.807) is 13.3 Å². The van der Waals surface area contributed by atoms with Crippen LogP contribution in [0.1, 0.15) is 45.1 Å². The molecular formula is C18H27N3O2S. The number of benzene rings is 1. The Morgan fingerprint density at radius 3 is 2.83 bits per heavy atom. The van der Waals surface area contributed by atoms with Crippen molar-refractivity contribution in [1.82, 2.24) is 10.7 Å². The van der Waals surface area contributed by atoms with Crippen molar-refractivity contribution in [2.75, 3.05) is 13.7 Å². The average Bonchev–Trinajstić information content (AvgIpc) is 2.58. The van der Waals surface area contributed by atoms with Gasteiger partial charge in [0.1, 0.15) is 0 Å². The molecule has 2 atom stereocenters. The van der Waals surface area contributed by atoms with Crippen LogP contribution >= 0.6 is 12.2 Å². The maximum Gasteiger partial charge on any atom is 0.187 e. The second kappa shape index (κ2) is 9.47. The van der Waals surface area contributed by atoms with Crippen molar-refractivity contribution in [3.05, 3.63) is 23.8 Å². The third kappa shape index (κ3) is 5.37. The van der Waals surface area contributed by atoms with Crippen LogP contribution in [0.15, 0.2) is 23.3 Å². The number of hydrogen-bond donors (Lipinski definition) is 2. The summed E-state index contributed by atoms with van der Waals surface area (Å²) in [7, 11) is 1.63. The van der Waals surface area contributed by atoms with Crippen LogP contribution in [0, 0.1) is 5.92 Å². The summed E-state index contributed by atoms with van der Waals surface area (Å²) in [6, 6.07) is 6.14. The molecule has 0 spiro atoms. The summed E-state index contributed by atoms with van der Waals surface area (Å²) in [4.78, 5) is 0. The Hall–Kier alpha value is -1.82. The molecule has 2 N–H and O–H groups in total. The highest BCUT2D eigenvalue weighted by Gasteiger charge is 2.21. The molecule has 24 heavy (non-hydrogen) atoms. The fourth-order valence-electron chi connectivity index (χ4n) is 2.94. The van der Waals surface area contributed by atoms with Gasteiger partial charge in [-0.1, -0.05) is 19.8 Å². The first-order valence-corrected chi connectivity index (χ1v) is 8.95. The van der Waals surface area contributed by atoms with Crippen LogP contribution in [-0.4, -0.2) is 31.1 Å². The van der Waals surface area contributed by atoms with Gasteiger partial charge in [-0.05, 0) is 61.7 Å². The zero-order chi connectivity index (χ0) is 17.4. The van der Waals surface area contributed by atoms with Gasteiger partial charge in [0.15, 0.2) is 16.6 Å². The van der Waals surface area contributed by atoms with E-state index in [1.165, 1.54) is 25.7 Å². The van der Waals surface area contributed by atoms with Crippen molar-refractivity contribution in [3.63, 3.8) is 0 Å². The second-order valence-corrected chi connectivity index (χ2v) is 6.46. The Morgan fingerprint density at radius 2 is 2.12 bits per heavy atom. The molecule has 5 nitrogen and oxygen atoms in total. The van der Waals surface area contributed by atoms with E-state index in [1.807, 2.05) is 25.1 Å². The predicted octanol–water partition coefficient (Wildman–Crippen LogP) is 3.47. The fourth-order valence-corrected chi connectivity index (χ4v) is 3.14. The average molecular weight is 350 g/mol. The minimum Gasteiger partial charge on any atom is -0.493 e. The Labute approximate surface area is 149 Å². The summed E-state index contributed by atoms with van der Waals surface area (Å²) in [6.07, 6.45) is 6.73. The highest BCUT2D eigenvalue weighted by molar-refractivity contribution is 7.80. The van der Waals surface area contributed by atoms with Crippen LogP contribution in [0.25, 0.3) is 0 Å². The second-order valence-electron chi connectivity index (χ2n) is 6.06. The molecule has 0 bridgehead atoms. The van der Waals surface area contributed by atoms with Gasteiger partial charge in [-0.3, -0.25) is 5.43 Å². The van der Waals surface area contributed by atoms with Crippen LogP contribution in [0.4, 0.5) is 0 Å². The van der Waals surface area contributed by atoms with E-state index in [0.29, 0.717) is 29.4 Å². The molecule has 0 aromatic heterocycles. The lowest BCUT2D eigenvalue weighted by molar-refractivity contribution is 0.308. The fraction of sp³-hybridized carbons (Fsp3) is 0.556. The van der Waals surface area contributed by atoms with Crippen molar-refractivity contribution < 1.29 is 9.47 Å². The monoisotopic (exact) mass is 349 g/mol. The molecule has 0 saturated heterocycles. The molecule has 2 rings (SSSR count). The number of rotatable bonds is 6. The normalized spacial score (nSPS) is 20.6. The molecule has 1 aliphatic carbocycles. The SMILES string of the molecule is CCOc1ccc(/C=N\NC(=S)N[C@@H]2CCCC[C@@H]2C)cc1OC. The summed E-state index contributed by atoms with van der Waals surface area (Å²) < 4.78 is 10.8. The summed E-state index contributed by atoms with van der Waals surface area (Å²) in [5, 5.41) is 8.15. The highest BCUT2D eigenvalue weighted by atomic mass is 32.1. The third-order valence-electron chi connectivity index (χ3n) is 4.30. The molecule has 0 aliphatic heterocycles. The zero-order valence-electron chi connectivity index (χ0n) is 14.7. The first-order chi connectivity index (χ1) is 11.6. The molecule has 1 aromatic rings. The number of nitrogens with zero attached hydrogens (tertiary/aromatic N) is 1. The number of thiocarbonyl (C=S) groups is 1. The van der Waals surface area contributed by atoms with Crippen molar-refractivity contribution in [1.29, 1.82) is 0 Å². The minimum absolute atomic E-state index is 0.444.